The Kier molecular flexibility index (Phi) is 1.86. The Bertz CT molecular complexity index is 372. The van der Waals surface area contributed by atoms with Crippen LogP contribution in [0.3, 0.4) is 0 Å². The van der Waals surface area contributed by atoms with Gasteiger partial charge in [-0.15, -0.1) is 0 Å². The van der Waals surface area contributed by atoms with Gasteiger partial charge in [-0.25, -0.2) is 0 Å². The summed E-state index contributed by atoms with van der Waals surface area (Å²) in [4.78, 5) is 0. The zero-order chi connectivity index (χ0) is 11.8. The van der Waals surface area contributed by atoms with Gasteiger partial charge in [0, 0.05) is 0 Å². The third-order valence-electron chi connectivity index (χ3n) is 6.30. The van der Waals surface area contributed by atoms with E-state index in [-0.39, 0.29) is 11.5 Å². The van der Waals surface area contributed by atoms with E-state index >= 15 is 0 Å². The maximum absolute atomic E-state index is 10.4. The van der Waals surface area contributed by atoms with E-state index in [1.54, 1.807) is 5.57 Å². The average Bonchev–Trinajstić information content (AvgIpc) is 2.59. The van der Waals surface area contributed by atoms with Crippen molar-refractivity contribution in [1.82, 2.24) is 0 Å². The molecule has 0 aromatic heterocycles. The maximum atomic E-state index is 10.4. The topological polar surface area (TPSA) is 20.2 Å². The molecule has 0 saturated heterocycles. The van der Waals surface area contributed by atoms with Gasteiger partial charge in [0.15, 0.2) is 0 Å². The molecule has 0 bridgehead atoms. The zero-order valence-electron chi connectivity index (χ0n) is 11.0. The van der Waals surface area contributed by atoms with E-state index < -0.39 is 0 Å². The van der Waals surface area contributed by atoms with Gasteiger partial charge in [-0.05, 0) is 54.8 Å². The lowest BCUT2D eigenvalue weighted by atomic mass is 9.54. The molecular weight excluding hydrogens is 196 g/mol. The van der Waals surface area contributed by atoms with E-state index in [0.29, 0.717) is 16.7 Å². The predicted molar refractivity (Wildman–Crippen MR) is 66.0 cm³/mol. The maximum Gasteiger partial charge on any atom is 0.0597 e. The van der Waals surface area contributed by atoms with Crippen molar-refractivity contribution in [2.24, 2.45) is 22.2 Å². The fraction of sp³-hybridized carbons (Fsp3) is 0.867. The Morgan fingerprint density at radius 2 is 1.88 bits per heavy atom. The van der Waals surface area contributed by atoms with Crippen LogP contribution in [0.5, 0.6) is 0 Å². The highest BCUT2D eigenvalue weighted by Crippen LogP contribution is 2.72. The smallest absolute Gasteiger partial charge is 0.0597 e. The SMILES string of the molecule is CC1=C[C@]2(C)CCC(O)[C@]3(C)CC[C@]1(C)[C@H]32. The number of hydrogen-bond donors (Lipinski definition) is 1. The molecule has 3 aliphatic rings. The van der Waals surface area contributed by atoms with E-state index in [4.69, 9.17) is 0 Å². The van der Waals surface area contributed by atoms with Crippen molar-refractivity contribution in [2.75, 3.05) is 0 Å². The Balaban J connectivity index is 2.15. The first kappa shape index (κ1) is 10.8. The van der Waals surface area contributed by atoms with Crippen LogP contribution in [0.25, 0.3) is 0 Å². The monoisotopic (exact) mass is 220 g/mol. The molecule has 0 heterocycles. The van der Waals surface area contributed by atoms with Crippen LogP contribution in [0.1, 0.15) is 53.4 Å². The van der Waals surface area contributed by atoms with Gasteiger partial charge < -0.3 is 5.11 Å². The largest absolute Gasteiger partial charge is 0.393 e. The van der Waals surface area contributed by atoms with Gasteiger partial charge in [0.1, 0.15) is 0 Å². The fourth-order valence-electron chi connectivity index (χ4n) is 5.55. The van der Waals surface area contributed by atoms with Gasteiger partial charge in [-0.3, -0.25) is 0 Å². The van der Waals surface area contributed by atoms with E-state index in [1.165, 1.54) is 19.3 Å². The van der Waals surface area contributed by atoms with Crippen LogP contribution in [0, 0.1) is 22.2 Å². The van der Waals surface area contributed by atoms with E-state index in [0.717, 1.165) is 6.42 Å². The van der Waals surface area contributed by atoms with Gasteiger partial charge >= 0.3 is 0 Å². The summed E-state index contributed by atoms with van der Waals surface area (Å²) < 4.78 is 0. The first-order chi connectivity index (χ1) is 7.33. The average molecular weight is 220 g/mol. The van der Waals surface area contributed by atoms with Crippen LogP contribution >= 0.6 is 0 Å². The van der Waals surface area contributed by atoms with E-state index in [1.807, 2.05) is 0 Å². The summed E-state index contributed by atoms with van der Waals surface area (Å²) in [5, 5.41) is 10.4. The predicted octanol–water partition coefficient (Wildman–Crippen LogP) is 3.53. The minimum absolute atomic E-state index is 0.0771. The van der Waals surface area contributed by atoms with Gasteiger partial charge in [0.05, 0.1) is 6.10 Å². The molecule has 5 atom stereocenters. The molecule has 1 unspecified atom stereocenters. The molecule has 1 heteroatoms. The first-order valence-electron chi connectivity index (χ1n) is 6.71. The molecule has 2 saturated carbocycles. The van der Waals surface area contributed by atoms with Crippen molar-refractivity contribution in [3.63, 3.8) is 0 Å². The van der Waals surface area contributed by atoms with Crippen LogP contribution < -0.4 is 0 Å². The van der Waals surface area contributed by atoms with Crippen LogP contribution in [0.4, 0.5) is 0 Å². The Morgan fingerprint density at radius 1 is 1.19 bits per heavy atom. The summed E-state index contributed by atoms with van der Waals surface area (Å²) in [6.07, 6.45) is 7.08. The highest BCUT2D eigenvalue weighted by Gasteiger charge is 2.66. The first-order valence-corrected chi connectivity index (χ1v) is 6.71. The van der Waals surface area contributed by atoms with Crippen molar-refractivity contribution >= 4 is 0 Å². The number of aliphatic hydroxyl groups excluding tert-OH is 1. The second-order valence-electron chi connectivity index (χ2n) is 7.24. The van der Waals surface area contributed by atoms with Crippen LogP contribution in [-0.2, 0) is 0 Å². The van der Waals surface area contributed by atoms with Gasteiger partial charge in [-0.2, -0.15) is 0 Å². The Hall–Kier alpha value is -0.300. The molecule has 3 rings (SSSR count). The number of aliphatic hydroxyl groups is 1. The number of allylic oxidation sites excluding steroid dienone is 2. The molecule has 0 aromatic rings. The molecule has 0 radical (unpaired) electrons. The zero-order valence-corrected chi connectivity index (χ0v) is 11.0. The molecule has 0 aromatic carbocycles. The lowest BCUT2D eigenvalue weighted by molar-refractivity contribution is -0.0851. The van der Waals surface area contributed by atoms with Crippen LogP contribution in [0.15, 0.2) is 11.6 Å². The van der Waals surface area contributed by atoms with Gasteiger partial charge in [-0.1, -0.05) is 32.4 Å². The fourth-order valence-corrected chi connectivity index (χ4v) is 5.55. The second kappa shape index (κ2) is 2.75. The number of rotatable bonds is 0. The second-order valence-corrected chi connectivity index (χ2v) is 7.24. The van der Waals surface area contributed by atoms with Crippen molar-refractivity contribution < 1.29 is 5.11 Å². The Morgan fingerprint density at radius 3 is 2.56 bits per heavy atom. The molecule has 0 amide bonds. The molecule has 16 heavy (non-hydrogen) atoms. The molecule has 0 spiro atoms. The highest BCUT2D eigenvalue weighted by molar-refractivity contribution is 5.33. The van der Waals surface area contributed by atoms with Gasteiger partial charge in [0.2, 0.25) is 0 Å². The minimum Gasteiger partial charge on any atom is -0.393 e. The molecule has 2 fully saturated rings. The van der Waals surface area contributed by atoms with Crippen LogP contribution in [-0.4, -0.2) is 11.2 Å². The van der Waals surface area contributed by atoms with Crippen LogP contribution in [0.2, 0.25) is 0 Å². The molecule has 1 nitrogen and oxygen atoms in total. The van der Waals surface area contributed by atoms with Crippen molar-refractivity contribution in [3.05, 3.63) is 11.6 Å². The van der Waals surface area contributed by atoms with Crippen molar-refractivity contribution in [2.45, 2.75) is 59.5 Å². The van der Waals surface area contributed by atoms with Gasteiger partial charge in [0.25, 0.3) is 0 Å². The molecular formula is C15H24O. The summed E-state index contributed by atoms with van der Waals surface area (Å²) in [5.41, 5.74) is 2.46. The number of hydrogen-bond acceptors (Lipinski definition) is 1. The molecule has 90 valence electrons. The summed E-state index contributed by atoms with van der Waals surface area (Å²) >= 11 is 0. The lowest BCUT2D eigenvalue weighted by Gasteiger charge is -2.51. The lowest BCUT2D eigenvalue weighted by Crippen LogP contribution is -2.49. The summed E-state index contributed by atoms with van der Waals surface area (Å²) in [6, 6.07) is 0. The summed E-state index contributed by atoms with van der Waals surface area (Å²) in [6.45, 7) is 9.49. The quantitative estimate of drug-likeness (QED) is 0.619. The highest BCUT2D eigenvalue weighted by atomic mass is 16.3. The van der Waals surface area contributed by atoms with E-state index in [2.05, 4.69) is 33.8 Å². The Labute approximate surface area is 98.9 Å². The standard InChI is InChI=1S/C15H24O/c1-10-9-13(2)6-5-11(16)15(4)8-7-14(10,3)12(13)15/h9,11-12,16H,5-8H2,1-4H3/t11?,12-,13+,14+,15+/m1/s1. The molecule has 1 N–H and O–H groups in total. The van der Waals surface area contributed by atoms with E-state index in [9.17, 15) is 5.11 Å². The van der Waals surface area contributed by atoms with Crippen molar-refractivity contribution in [1.29, 1.82) is 0 Å². The third-order valence-corrected chi connectivity index (χ3v) is 6.30. The normalized spacial score (nSPS) is 59.7. The van der Waals surface area contributed by atoms with Crippen molar-refractivity contribution in [3.8, 4) is 0 Å². The molecule has 3 aliphatic carbocycles. The summed E-state index contributed by atoms with van der Waals surface area (Å²) in [5.74, 6) is 0.663. The molecule has 0 aliphatic heterocycles. The summed E-state index contributed by atoms with van der Waals surface area (Å²) in [7, 11) is 0. The minimum atomic E-state index is -0.0771. The third kappa shape index (κ3) is 0.971.